The Labute approximate surface area is 254 Å². The summed E-state index contributed by atoms with van der Waals surface area (Å²) in [5.74, 6) is 2.48. The van der Waals surface area contributed by atoms with Crippen LogP contribution in [0, 0.1) is 56.7 Å². The highest BCUT2D eigenvalue weighted by Crippen LogP contribution is 2.77. The molecule has 4 fully saturated rings. The predicted molar refractivity (Wildman–Crippen MR) is 169 cm³/mol. The monoisotopic (exact) mass is 574 g/mol. The van der Waals surface area contributed by atoms with Gasteiger partial charge in [-0.25, -0.2) is 4.79 Å². The van der Waals surface area contributed by atoms with Crippen LogP contribution in [0.5, 0.6) is 5.75 Å². The summed E-state index contributed by atoms with van der Waals surface area (Å²) in [6.07, 6.45) is 13.4. The number of fused-ring (bicyclic) bond motifs is 7. The third kappa shape index (κ3) is 3.78. The van der Waals surface area contributed by atoms with Crippen LogP contribution in [0.3, 0.4) is 0 Å². The van der Waals surface area contributed by atoms with Gasteiger partial charge in [0.15, 0.2) is 0 Å². The van der Waals surface area contributed by atoms with Crippen molar-refractivity contribution in [3.8, 4) is 5.75 Å². The van der Waals surface area contributed by atoms with E-state index in [9.17, 15) is 15.0 Å². The summed E-state index contributed by atoms with van der Waals surface area (Å²) >= 11 is 0. The van der Waals surface area contributed by atoms with Gasteiger partial charge in [-0.15, -0.1) is 0 Å². The maximum Gasteiger partial charge on any atom is 0.339 e. The van der Waals surface area contributed by atoms with Crippen molar-refractivity contribution in [3.63, 3.8) is 0 Å². The second-order valence-electron chi connectivity index (χ2n) is 16.5. The van der Waals surface area contributed by atoms with Crippen molar-refractivity contribution in [2.75, 3.05) is 13.7 Å². The van der Waals surface area contributed by atoms with Crippen molar-refractivity contribution >= 4 is 11.5 Å². The Balaban J connectivity index is 1.37. The fourth-order valence-corrected chi connectivity index (χ4v) is 12.7. The maximum atomic E-state index is 11.8. The van der Waals surface area contributed by atoms with E-state index in [2.05, 4.69) is 54.2 Å². The van der Waals surface area contributed by atoms with Gasteiger partial charge < -0.3 is 14.9 Å². The number of hydrogen-bond donors (Lipinski definition) is 2. The number of carboxylic acid groups (broad SMARTS) is 1. The number of carboxylic acids is 1. The van der Waals surface area contributed by atoms with E-state index >= 15 is 0 Å². The van der Waals surface area contributed by atoms with E-state index in [1.807, 2.05) is 12.1 Å². The first-order chi connectivity index (χ1) is 19.7. The van der Waals surface area contributed by atoms with Crippen molar-refractivity contribution in [2.24, 2.45) is 56.7 Å². The SMILES string of the molecule is C=C(C)[C@@H]1CC[C@]2(CO)CC[C@]3(C)[C@H](CC[C@@H]4[C@@]5(C)CC=C(c6ccc(C(=O)O)c(OC)c6)C(C)(C)[C@@H]5CC[C@]43C)[C@@H]12. The highest BCUT2D eigenvalue weighted by atomic mass is 16.5. The summed E-state index contributed by atoms with van der Waals surface area (Å²) in [7, 11) is 1.56. The first kappa shape index (κ1) is 30.0. The summed E-state index contributed by atoms with van der Waals surface area (Å²) in [6.45, 7) is 19.8. The predicted octanol–water partition coefficient (Wildman–Crippen LogP) is 9.04. The largest absolute Gasteiger partial charge is 0.496 e. The number of aromatic carboxylic acids is 1. The highest BCUT2D eigenvalue weighted by molar-refractivity contribution is 5.91. The van der Waals surface area contributed by atoms with Crippen molar-refractivity contribution in [3.05, 3.63) is 47.6 Å². The van der Waals surface area contributed by atoms with Crippen LogP contribution < -0.4 is 4.74 Å². The van der Waals surface area contributed by atoms with E-state index < -0.39 is 5.97 Å². The molecule has 5 aliphatic carbocycles. The van der Waals surface area contributed by atoms with Gasteiger partial charge in [0, 0.05) is 6.61 Å². The fourth-order valence-electron chi connectivity index (χ4n) is 12.7. The molecule has 9 atom stereocenters. The van der Waals surface area contributed by atoms with Gasteiger partial charge in [-0.2, -0.15) is 0 Å². The maximum absolute atomic E-state index is 11.8. The second-order valence-corrected chi connectivity index (χ2v) is 16.5. The smallest absolute Gasteiger partial charge is 0.339 e. The average Bonchev–Trinajstić information content (AvgIpc) is 3.33. The highest BCUT2D eigenvalue weighted by Gasteiger charge is 2.70. The van der Waals surface area contributed by atoms with Crippen LogP contribution in [0.1, 0.15) is 115 Å². The molecule has 1 aromatic carbocycles. The number of rotatable bonds is 5. The molecule has 1 aromatic rings. The third-order valence-electron chi connectivity index (χ3n) is 14.9. The van der Waals surface area contributed by atoms with Gasteiger partial charge in [0.1, 0.15) is 11.3 Å². The number of aliphatic hydroxyl groups excluding tert-OH is 1. The van der Waals surface area contributed by atoms with Gasteiger partial charge in [0.05, 0.1) is 7.11 Å². The number of ether oxygens (including phenoxy) is 1. The van der Waals surface area contributed by atoms with Crippen LogP contribution >= 0.6 is 0 Å². The molecule has 0 spiro atoms. The van der Waals surface area contributed by atoms with Crippen LogP contribution in [-0.4, -0.2) is 29.9 Å². The topological polar surface area (TPSA) is 66.8 Å². The van der Waals surface area contributed by atoms with Gasteiger partial charge >= 0.3 is 5.97 Å². The fraction of sp³-hybridized carbons (Fsp3) is 0.711. The standard InChI is InChI=1S/C38H54O4/c1-23(2)25-13-18-38(22-39)20-19-36(6)28(32(25)38)11-12-31-35(5)16-14-27(34(3,4)30(35)15-17-37(31,36)7)24-9-10-26(33(40)41)29(21-24)42-8/h9-10,14,21,25,28,30-32,39H,1,11-13,15-20,22H2,2-8H3,(H,40,41)/t25-,28+,30-,31+,32+,35-,36+,37+,38+/m0/s1. The van der Waals surface area contributed by atoms with Gasteiger partial charge in [-0.3, -0.25) is 0 Å². The zero-order valence-corrected chi connectivity index (χ0v) is 27.2. The quantitative estimate of drug-likeness (QED) is 0.344. The third-order valence-corrected chi connectivity index (χ3v) is 14.9. The normalized spacial score (nSPS) is 43.7. The molecule has 230 valence electrons. The minimum Gasteiger partial charge on any atom is -0.496 e. The Morgan fingerprint density at radius 3 is 2.36 bits per heavy atom. The Morgan fingerprint density at radius 2 is 1.71 bits per heavy atom. The van der Waals surface area contributed by atoms with Crippen molar-refractivity contribution in [1.29, 1.82) is 0 Å². The summed E-state index contributed by atoms with van der Waals surface area (Å²) < 4.78 is 5.52. The van der Waals surface area contributed by atoms with E-state index in [-0.39, 0.29) is 32.6 Å². The van der Waals surface area contributed by atoms with E-state index in [4.69, 9.17) is 4.74 Å². The molecule has 2 N–H and O–H groups in total. The molecule has 0 saturated heterocycles. The van der Waals surface area contributed by atoms with E-state index in [0.29, 0.717) is 41.9 Å². The number of aliphatic hydroxyl groups is 1. The molecule has 0 radical (unpaired) electrons. The number of allylic oxidation sites excluding steroid dienone is 3. The first-order valence-corrected chi connectivity index (χ1v) is 16.6. The molecule has 0 aliphatic heterocycles. The molecule has 6 rings (SSSR count). The Bertz CT molecular complexity index is 1320. The Kier molecular flexibility index (Phi) is 6.93. The molecule has 0 aromatic heterocycles. The molecule has 0 amide bonds. The van der Waals surface area contributed by atoms with Gasteiger partial charge in [-0.1, -0.05) is 58.9 Å². The number of benzene rings is 1. The molecule has 0 bridgehead atoms. The molecule has 42 heavy (non-hydrogen) atoms. The Morgan fingerprint density at radius 1 is 0.976 bits per heavy atom. The molecule has 0 unspecified atom stereocenters. The lowest BCUT2D eigenvalue weighted by molar-refractivity contribution is -0.228. The summed E-state index contributed by atoms with van der Waals surface area (Å²) in [4.78, 5) is 11.8. The minimum absolute atomic E-state index is 0.0308. The summed E-state index contributed by atoms with van der Waals surface area (Å²) in [5.41, 5.74) is 4.81. The van der Waals surface area contributed by atoms with E-state index in [0.717, 1.165) is 24.8 Å². The molecule has 0 heterocycles. The number of carbonyl (C=O) groups is 1. The second kappa shape index (κ2) is 9.71. The van der Waals surface area contributed by atoms with Crippen LogP contribution in [0.15, 0.2) is 36.4 Å². The minimum atomic E-state index is -0.954. The lowest BCUT2D eigenvalue weighted by Gasteiger charge is -2.72. The molecule has 4 nitrogen and oxygen atoms in total. The van der Waals surface area contributed by atoms with E-state index in [1.165, 1.54) is 49.7 Å². The Hall–Kier alpha value is -2.07. The lowest BCUT2D eigenvalue weighted by atomic mass is 9.32. The summed E-state index contributed by atoms with van der Waals surface area (Å²) in [6, 6.07) is 5.63. The lowest BCUT2D eigenvalue weighted by Crippen LogP contribution is -2.65. The van der Waals surface area contributed by atoms with Gasteiger partial charge in [0.2, 0.25) is 0 Å². The first-order valence-electron chi connectivity index (χ1n) is 16.6. The van der Waals surface area contributed by atoms with Gasteiger partial charge in [0.25, 0.3) is 0 Å². The molecule has 4 heteroatoms. The van der Waals surface area contributed by atoms with Crippen LogP contribution in [-0.2, 0) is 0 Å². The van der Waals surface area contributed by atoms with Crippen LogP contribution in [0.4, 0.5) is 0 Å². The number of hydrogen-bond acceptors (Lipinski definition) is 3. The zero-order valence-electron chi connectivity index (χ0n) is 27.2. The van der Waals surface area contributed by atoms with Gasteiger partial charge in [-0.05, 0) is 145 Å². The van der Waals surface area contributed by atoms with Crippen molar-refractivity contribution < 1.29 is 19.7 Å². The van der Waals surface area contributed by atoms with Crippen molar-refractivity contribution in [1.82, 2.24) is 0 Å². The van der Waals surface area contributed by atoms with Crippen LogP contribution in [0.2, 0.25) is 0 Å². The molecule has 5 aliphatic rings. The average molecular weight is 575 g/mol. The summed E-state index contributed by atoms with van der Waals surface area (Å²) in [5, 5.41) is 20.4. The van der Waals surface area contributed by atoms with Crippen LogP contribution in [0.25, 0.3) is 5.57 Å². The number of methoxy groups -OCH3 is 1. The van der Waals surface area contributed by atoms with Crippen molar-refractivity contribution in [2.45, 2.75) is 99.3 Å². The molecule has 4 saturated carbocycles. The molecular formula is C38H54O4. The molecular weight excluding hydrogens is 520 g/mol. The van der Waals surface area contributed by atoms with E-state index in [1.54, 1.807) is 13.2 Å². The zero-order chi connectivity index (χ0) is 30.5.